The maximum absolute atomic E-state index is 13.9. The van der Waals surface area contributed by atoms with Gasteiger partial charge in [-0.2, -0.15) is 5.26 Å². The summed E-state index contributed by atoms with van der Waals surface area (Å²) in [6.07, 6.45) is 3.40. The minimum atomic E-state index is -0.691. The number of phenolic OH excluding ortho intramolecular Hbond substituents is 1. The van der Waals surface area contributed by atoms with Crippen LogP contribution in [0.2, 0.25) is 0 Å². The number of nitrogens with zero attached hydrogens (tertiary/aromatic N) is 2. The van der Waals surface area contributed by atoms with Gasteiger partial charge in [-0.05, 0) is 30.9 Å². The minimum absolute atomic E-state index is 0. The van der Waals surface area contributed by atoms with Crippen molar-refractivity contribution < 1.29 is 9.50 Å². The van der Waals surface area contributed by atoms with Crippen molar-refractivity contribution in [3.8, 4) is 11.8 Å². The number of piperazine rings is 1. The van der Waals surface area contributed by atoms with Crippen molar-refractivity contribution in [2.75, 3.05) is 26.2 Å². The van der Waals surface area contributed by atoms with Crippen LogP contribution in [-0.4, -0.2) is 36.2 Å². The van der Waals surface area contributed by atoms with Crippen LogP contribution in [0.5, 0.6) is 5.75 Å². The summed E-state index contributed by atoms with van der Waals surface area (Å²) in [6, 6.07) is 4.77. The lowest BCUT2D eigenvalue weighted by Gasteiger charge is -2.43. The summed E-state index contributed by atoms with van der Waals surface area (Å²) >= 11 is 0. The molecule has 7 heteroatoms. The van der Waals surface area contributed by atoms with E-state index in [-0.39, 0.29) is 42.2 Å². The van der Waals surface area contributed by atoms with Crippen molar-refractivity contribution in [3.05, 3.63) is 29.1 Å². The Morgan fingerprint density at radius 1 is 1.26 bits per heavy atom. The highest BCUT2D eigenvalue weighted by molar-refractivity contribution is 5.85. The van der Waals surface area contributed by atoms with E-state index in [1.807, 2.05) is 6.07 Å². The van der Waals surface area contributed by atoms with Gasteiger partial charge in [-0.1, -0.05) is 6.42 Å². The molecule has 1 aromatic carbocycles. The van der Waals surface area contributed by atoms with Gasteiger partial charge in [-0.3, -0.25) is 4.90 Å². The predicted molar refractivity (Wildman–Crippen MR) is 91.8 cm³/mol. The fraction of sp³-hybridized carbons (Fsp3) is 0.562. The molecule has 2 aliphatic rings. The Labute approximate surface area is 148 Å². The average molecular weight is 362 g/mol. The molecule has 1 saturated carbocycles. The Morgan fingerprint density at radius 2 is 1.91 bits per heavy atom. The molecule has 0 unspecified atom stereocenters. The topological polar surface area (TPSA) is 59.3 Å². The standard InChI is InChI=1S/C16H20FN3O.2ClH/c17-14-9-11(10-18)8-13(16(14)21)15(12-2-1-3-12)20-6-4-19-5-7-20;;/h8-9,12,15,19,21H,1-7H2;2*1H/t15-;;/m0../s1. The van der Waals surface area contributed by atoms with Crippen molar-refractivity contribution in [3.63, 3.8) is 0 Å². The van der Waals surface area contributed by atoms with Crippen LogP contribution in [0.25, 0.3) is 0 Å². The number of hydrogen-bond acceptors (Lipinski definition) is 4. The van der Waals surface area contributed by atoms with E-state index in [1.165, 1.54) is 6.42 Å². The first-order valence-electron chi connectivity index (χ1n) is 7.58. The van der Waals surface area contributed by atoms with Gasteiger partial charge in [0.1, 0.15) is 0 Å². The normalized spacial score (nSPS) is 19.7. The second kappa shape index (κ2) is 8.70. The number of phenols is 1. The third-order valence-corrected chi connectivity index (χ3v) is 4.68. The van der Waals surface area contributed by atoms with Gasteiger partial charge in [-0.15, -0.1) is 24.8 Å². The zero-order valence-electron chi connectivity index (χ0n) is 12.8. The Hall–Kier alpha value is -1.06. The molecule has 0 radical (unpaired) electrons. The van der Waals surface area contributed by atoms with Crippen LogP contribution in [0.1, 0.15) is 36.4 Å². The summed E-state index contributed by atoms with van der Waals surface area (Å²) in [5.74, 6) is -0.532. The number of halogens is 3. The van der Waals surface area contributed by atoms with Gasteiger partial charge in [0.2, 0.25) is 0 Å². The molecule has 0 aromatic heterocycles. The van der Waals surface area contributed by atoms with E-state index < -0.39 is 5.82 Å². The lowest BCUT2D eigenvalue weighted by atomic mass is 9.75. The van der Waals surface area contributed by atoms with E-state index in [0.717, 1.165) is 45.1 Å². The van der Waals surface area contributed by atoms with Crippen LogP contribution in [0.15, 0.2) is 12.1 Å². The first-order valence-corrected chi connectivity index (χ1v) is 7.58. The molecule has 1 heterocycles. The van der Waals surface area contributed by atoms with E-state index in [1.54, 1.807) is 6.07 Å². The highest BCUT2D eigenvalue weighted by Crippen LogP contribution is 2.44. The zero-order chi connectivity index (χ0) is 14.8. The van der Waals surface area contributed by atoms with Gasteiger partial charge < -0.3 is 10.4 Å². The summed E-state index contributed by atoms with van der Waals surface area (Å²) in [7, 11) is 0. The Balaban J connectivity index is 0.00000132. The van der Waals surface area contributed by atoms with E-state index in [9.17, 15) is 9.50 Å². The highest BCUT2D eigenvalue weighted by Gasteiger charge is 2.35. The van der Waals surface area contributed by atoms with E-state index >= 15 is 0 Å². The number of rotatable bonds is 3. The summed E-state index contributed by atoms with van der Waals surface area (Å²) in [5.41, 5.74) is 0.859. The third-order valence-electron chi connectivity index (χ3n) is 4.68. The minimum Gasteiger partial charge on any atom is -0.505 e. The zero-order valence-corrected chi connectivity index (χ0v) is 14.4. The molecular weight excluding hydrogens is 340 g/mol. The van der Waals surface area contributed by atoms with E-state index in [4.69, 9.17) is 5.26 Å². The van der Waals surface area contributed by atoms with Crippen molar-refractivity contribution in [2.45, 2.75) is 25.3 Å². The number of hydrogen-bond donors (Lipinski definition) is 2. The van der Waals surface area contributed by atoms with Crippen molar-refractivity contribution >= 4 is 24.8 Å². The molecule has 1 aromatic rings. The molecule has 0 bridgehead atoms. The summed E-state index contributed by atoms with van der Waals surface area (Å²) in [4.78, 5) is 2.32. The molecule has 3 rings (SSSR count). The van der Waals surface area contributed by atoms with Gasteiger partial charge in [-0.25, -0.2) is 4.39 Å². The summed E-state index contributed by atoms with van der Waals surface area (Å²) in [6.45, 7) is 3.59. The van der Waals surface area contributed by atoms with Crippen LogP contribution < -0.4 is 5.32 Å². The number of nitrogens with one attached hydrogen (secondary N) is 1. The average Bonchev–Trinajstić information content (AvgIpc) is 2.46. The molecule has 4 nitrogen and oxygen atoms in total. The SMILES string of the molecule is Cl.Cl.N#Cc1cc(F)c(O)c([C@H](C2CCC2)N2CCNCC2)c1. The van der Waals surface area contributed by atoms with Crippen molar-refractivity contribution in [1.82, 2.24) is 10.2 Å². The highest BCUT2D eigenvalue weighted by atomic mass is 35.5. The lowest BCUT2D eigenvalue weighted by Crippen LogP contribution is -2.47. The molecule has 0 spiro atoms. The first-order chi connectivity index (χ1) is 10.2. The van der Waals surface area contributed by atoms with E-state index in [2.05, 4.69) is 10.2 Å². The fourth-order valence-electron chi connectivity index (χ4n) is 3.37. The molecule has 2 N–H and O–H groups in total. The van der Waals surface area contributed by atoms with Gasteiger partial charge in [0.05, 0.1) is 11.6 Å². The second-order valence-electron chi connectivity index (χ2n) is 5.93. The lowest BCUT2D eigenvalue weighted by molar-refractivity contribution is 0.0815. The van der Waals surface area contributed by atoms with Crippen LogP contribution in [-0.2, 0) is 0 Å². The van der Waals surface area contributed by atoms with Crippen LogP contribution in [0.3, 0.4) is 0 Å². The molecule has 1 aliphatic carbocycles. The smallest absolute Gasteiger partial charge is 0.166 e. The maximum atomic E-state index is 13.9. The molecule has 1 atom stereocenters. The summed E-state index contributed by atoms with van der Waals surface area (Å²) in [5, 5.41) is 22.5. The Morgan fingerprint density at radius 3 is 2.43 bits per heavy atom. The Kier molecular flexibility index (Phi) is 7.56. The van der Waals surface area contributed by atoms with Crippen molar-refractivity contribution in [2.24, 2.45) is 5.92 Å². The molecule has 2 fully saturated rings. The number of aromatic hydroxyl groups is 1. The third kappa shape index (κ3) is 4.07. The number of benzene rings is 1. The van der Waals surface area contributed by atoms with Crippen molar-refractivity contribution in [1.29, 1.82) is 5.26 Å². The van der Waals surface area contributed by atoms with Crippen LogP contribution >= 0.6 is 24.8 Å². The molecule has 128 valence electrons. The van der Waals surface area contributed by atoms with Gasteiger partial charge in [0.15, 0.2) is 11.6 Å². The predicted octanol–water partition coefficient (Wildman–Crippen LogP) is 2.99. The second-order valence-corrected chi connectivity index (χ2v) is 5.93. The molecule has 1 aliphatic heterocycles. The molecule has 0 amide bonds. The first kappa shape index (κ1) is 20.0. The molecule has 23 heavy (non-hydrogen) atoms. The van der Waals surface area contributed by atoms with Gasteiger partial charge in [0.25, 0.3) is 0 Å². The van der Waals surface area contributed by atoms with Crippen LogP contribution in [0.4, 0.5) is 4.39 Å². The van der Waals surface area contributed by atoms with Crippen LogP contribution in [0, 0.1) is 23.1 Å². The monoisotopic (exact) mass is 361 g/mol. The summed E-state index contributed by atoms with van der Waals surface area (Å²) < 4.78 is 13.9. The van der Waals surface area contributed by atoms with Gasteiger partial charge in [0, 0.05) is 37.8 Å². The maximum Gasteiger partial charge on any atom is 0.166 e. The molecule has 1 saturated heterocycles. The Bertz CT molecular complexity index is 569. The fourth-order valence-corrected chi connectivity index (χ4v) is 3.37. The number of nitriles is 1. The molecular formula is C16H22Cl2FN3O. The largest absolute Gasteiger partial charge is 0.505 e. The quantitative estimate of drug-likeness (QED) is 0.868. The van der Waals surface area contributed by atoms with Gasteiger partial charge >= 0.3 is 0 Å². The van der Waals surface area contributed by atoms with E-state index in [0.29, 0.717) is 11.5 Å².